The first-order valence-corrected chi connectivity index (χ1v) is 5.78. The zero-order chi connectivity index (χ0) is 14.5. The Kier molecular flexibility index (Phi) is 4.21. The molecule has 0 aliphatic rings. The minimum Gasteiger partial charge on any atom is -0.465 e. The predicted octanol–water partition coefficient (Wildman–Crippen LogP) is 1.01. The van der Waals surface area contributed by atoms with Crippen LogP contribution in [-0.2, 0) is 16.1 Å². The molecule has 0 fully saturated rings. The molecule has 0 atom stereocenters. The quantitative estimate of drug-likeness (QED) is 0.598. The molecule has 1 aromatic carbocycles. The molecule has 7 nitrogen and oxygen atoms in total. The van der Waals surface area contributed by atoms with Gasteiger partial charge in [-0.25, -0.2) is 9.48 Å². The smallest absolute Gasteiger partial charge is 0.337 e. The van der Waals surface area contributed by atoms with Gasteiger partial charge >= 0.3 is 5.97 Å². The molecule has 0 spiro atoms. The Labute approximate surface area is 115 Å². The van der Waals surface area contributed by atoms with Crippen LogP contribution >= 0.6 is 0 Å². The van der Waals surface area contributed by atoms with Crippen LogP contribution in [0.5, 0.6) is 0 Å². The minimum atomic E-state index is -0.416. The standard InChI is InChI=1S/C13H13N3O4/c1-19-8-12-11(7-17)14-15-16(12)10-5-3-9(4-6-10)13(18)20-2/h3-7H,8H2,1-2H3. The first-order chi connectivity index (χ1) is 9.71. The first kappa shape index (κ1) is 13.9. The third-order valence-corrected chi connectivity index (χ3v) is 2.72. The number of esters is 1. The van der Waals surface area contributed by atoms with Crippen LogP contribution in [0.3, 0.4) is 0 Å². The van der Waals surface area contributed by atoms with Crippen molar-refractivity contribution in [1.29, 1.82) is 0 Å². The summed E-state index contributed by atoms with van der Waals surface area (Å²) in [6, 6.07) is 6.60. The average Bonchev–Trinajstić information content (AvgIpc) is 2.90. The molecular formula is C13H13N3O4. The van der Waals surface area contributed by atoms with Crippen molar-refractivity contribution in [2.45, 2.75) is 6.61 Å². The SMILES string of the molecule is COCc1c(C=O)nnn1-c1ccc(C(=O)OC)cc1. The molecular weight excluding hydrogens is 262 g/mol. The molecule has 0 aliphatic heterocycles. The van der Waals surface area contributed by atoms with E-state index >= 15 is 0 Å². The van der Waals surface area contributed by atoms with E-state index in [4.69, 9.17) is 4.74 Å². The van der Waals surface area contributed by atoms with Gasteiger partial charge in [-0.15, -0.1) is 5.10 Å². The Balaban J connectivity index is 2.38. The number of aromatic nitrogens is 3. The Morgan fingerprint density at radius 3 is 2.55 bits per heavy atom. The summed E-state index contributed by atoms with van der Waals surface area (Å²) in [5, 5.41) is 7.69. The second kappa shape index (κ2) is 6.07. The van der Waals surface area contributed by atoms with Gasteiger partial charge in [-0.1, -0.05) is 5.21 Å². The van der Waals surface area contributed by atoms with Gasteiger partial charge in [0.15, 0.2) is 12.0 Å². The molecule has 20 heavy (non-hydrogen) atoms. The highest BCUT2D eigenvalue weighted by Crippen LogP contribution is 2.14. The van der Waals surface area contributed by atoms with Crippen LogP contribution in [0.15, 0.2) is 24.3 Å². The third-order valence-electron chi connectivity index (χ3n) is 2.72. The monoisotopic (exact) mass is 275 g/mol. The van der Waals surface area contributed by atoms with Gasteiger partial charge in [-0.3, -0.25) is 4.79 Å². The lowest BCUT2D eigenvalue weighted by atomic mass is 10.2. The summed E-state index contributed by atoms with van der Waals surface area (Å²) in [4.78, 5) is 22.3. The minimum absolute atomic E-state index is 0.208. The highest BCUT2D eigenvalue weighted by Gasteiger charge is 2.14. The van der Waals surface area contributed by atoms with Gasteiger partial charge in [-0.05, 0) is 24.3 Å². The molecule has 7 heteroatoms. The molecule has 0 radical (unpaired) electrons. The van der Waals surface area contributed by atoms with E-state index in [1.165, 1.54) is 18.9 Å². The number of ether oxygens (including phenoxy) is 2. The maximum atomic E-state index is 11.4. The maximum absolute atomic E-state index is 11.4. The molecule has 0 bridgehead atoms. The Bertz CT molecular complexity index is 619. The molecule has 104 valence electrons. The van der Waals surface area contributed by atoms with Crippen LogP contribution in [-0.4, -0.2) is 41.5 Å². The van der Waals surface area contributed by atoms with Gasteiger partial charge in [0.2, 0.25) is 0 Å². The highest BCUT2D eigenvalue weighted by molar-refractivity contribution is 5.89. The topological polar surface area (TPSA) is 83.3 Å². The van der Waals surface area contributed by atoms with E-state index in [1.807, 2.05) is 0 Å². The van der Waals surface area contributed by atoms with Gasteiger partial charge < -0.3 is 9.47 Å². The van der Waals surface area contributed by atoms with Crippen molar-refractivity contribution in [3.05, 3.63) is 41.2 Å². The largest absolute Gasteiger partial charge is 0.465 e. The lowest BCUT2D eigenvalue weighted by Gasteiger charge is -2.06. The second-order valence-electron chi connectivity index (χ2n) is 3.92. The van der Waals surface area contributed by atoms with E-state index in [-0.39, 0.29) is 12.3 Å². The van der Waals surface area contributed by atoms with Crippen molar-refractivity contribution >= 4 is 12.3 Å². The van der Waals surface area contributed by atoms with Crippen LogP contribution in [0.25, 0.3) is 5.69 Å². The van der Waals surface area contributed by atoms with E-state index in [0.717, 1.165) is 0 Å². The summed E-state index contributed by atoms with van der Waals surface area (Å²) in [6.45, 7) is 0.208. The lowest BCUT2D eigenvalue weighted by molar-refractivity contribution is 0.0600. The number of nitrogens with zero attached hydrogens (tertiary/aromatic N) is 3. The van der Waals surface area contributed by atoms with Gasteiger partial charge in [0.05, 0.1) is 25.0 Å². The van der Waals surface area contributed by atoms with E-state index < -0.39 is 5.97 Å². The van der Waals surface area contributed by atoms with Crippen LogP contribution < -0.4 is 0 Å². The Hall–Kier alpha value is -2.54. The summed E-state index contributed by atoms with van der Waals surface area (Å²) < 4.78 is 11.2. The number of carbonyl (C=O) groups excluding carboxylic acids is 2. The predicted molar refractivity (Wildman–Crippen MR) is 68.8 cm³/mol. The normalized spacial score (nSPS) is 10.3. The number of hydrogen-bond acceptors (Lipinski definition) is 6. The molecule has 0 amide bonds. The van der Waals surface area contributed by atoms with Crippen LogP contribution in [0.1, 0.15) is 26.5 Å². The highest BCUT2D eigenvalue weighted by atomic mass is 16.5. The molecule has 0 unspecified atom stereocenters. The van der Waals surface area contributed by atoms with Gasteiger partial charge in [0.25, 0.3) is 0 Å². The molecule has 1 heterocycles. The maximum Gasteiger partial charge on any atom is 0.337 e. The summed E-state index contributed by atoms with van der Waals surface area (Å²) in [5.41, 5.74) is 1.88. The van der Waals surface area contributed by atoms with E-state index in [9.17, 15) is 9.59 Å². The Morgan fingerprint density at radius 1 is 1.30 bits per heavy atom. The molecule has 0 aliphatic carbocycles. The van der Waals surface area contributed by atoms with Crippen LogP contribution in [0.2, 0.25) is 0 Å². The van der Waals surface area contributed by atoms with Crippen molar-refractivity contribution < 1.29 is 19.1 Å². The summed E-state index contributed by atoms with van der Waals surface area (Å²) >= 11 is 0. The molecule has 0 saturated carbocycles. The van der Waals surface area contributed by atoms with Gasteiger partial charge in [0, 0.05) is 7.11 Å². The van der Waals surface area contributed by atoms with Crippen molar-refractivity contribution in [2.24, 2.45) is 0 Å². The third kappa shape index (κ3) is 2.57. The lowest BCUT2D eigenvalue weighted by Crippen LogP contribution is -2.06. The summed E-state index contributed by atoms with van der Waals surface area (Å²) in [6.07, 6.45) is 0.626. The molecule has 2 aromatic rings. The number of hydrogen-bond donors (Lipinski definition) is 0. The van der Waals surface area contributed by atoms with Crippen molar-refractivity contribution in [2.75, 3.05) is 14.2 Å². The molecule has 0 N–H and O–H groups in total. The summed E-state index contributed by atoms with van der Waals surface area (Å²) in [7, 11) is 2.84. The molecule has 1 aromatic heterocycles. The zero-order valence-corrected chi connectivity index (χ0v) is 11.1. The van der Waals surface area contributed by atoms with E-state index in [1.54, 1.807) is 24.3 Å². The van der Waals surface area contributed by atoms with E-state index in [0.29, 0.717) is 23.2 Å². The van der Waals surface area contributed by atoms with Crippen LogP contribution in [0, 0.1) is 0 Å². The Morgan fingerprint density at radius 2 is 2.00 bits per heavy atom. The molecule has 0 saturated heterocycles. The van der Waals surface area contributed by atoms with Gasteiger partial charge in [-0.2, -0.15) is 0 Å². The zero-order valence-electron chi connectivity index (χ0n) is 11.1. The van der Waals surface area contributed by atoms with Crippen LogP contribution in [0.4, 0.5) is 0 Å². The fourth-order valence-electron chi connectivity index (χ4n) is 1.74. The first-order valence-electron chi connectivity index (χ1n) is 5.78. The number of rotatable bonds is 5. The fraction of sp³-hybridized carbons (Fsp3) is 0.231. The summed E-state index contributed by atoms with van der Waals surface area (Å²) in [5.74, 6) is -0.416. The number of carbonyl (C=O) groups is 2. The van der Waals surface area contributed by atoms with Crippen molar-refractivity contribution in [3.63, 3.8) is 0 Å². The van der Waals surface area contributed by atoms with Crippen molar-refractivity contribution in [3.8, 4) is 5.69 Å². The van der Waals surface area contributed by atoms with Gasteiger partial charge in [0.1, 0.15) is 5.69 Å². The van der Waals surface area contributed by atoms with Crippen molar-refractivity contribution in [1.82, 2.24) is 15.0 Å². The average molecular weight is 275 g/mol. The van der Waals surface area contributed by atoms with E-state index in [2.05, 4.69) is 15.0 Å². The second-order valence-corrected chi connectivity index (χ2v) is 3.92. The molecule has 2 rings (SSSR count). The number of aldehydes is 1. The number of benzene rings is 1. The number of methoxy groups -OCH3 is 2. The fourth-order valence-corrected chi connectivity index (χ4v) is 1.74.